The number of rotatable bonds is 3. The van der Waals surface area contributed by atoms with Crippen LogP contribution >= 0.6 is 11.6 Å². The van der Waals surface area contributed by atoms with Crippen LogP contribution in [0.15, 0.2) is 42.5 Å². The Hall–Kier alpha value is -1.75. The minimum Gasteiger partial charge on any atom is -0.454 e. The summed E-state index contributed by atoms with van der Waals surface area (Å²) in [4.78, 5) is 2.49. The van der Waals surface area contributed by atoms with Crippen molar-refractivity contribution in [3.63, 3.8) is 0 Å². The zero-order valence-electron chi connectivity index (χ0n) is 15.9. The molecule has 1 saturated carbocycles. The Morgan fingerprint density at radius 3 is 2.82 bits per heavy atom. The van der Waals surface area contributed by atoms with Gasteiger partial charge < -0.3 is 14.6 Å². The van der Waals surface area contributed by atoms with Crippen molar-refractivity contribution in [2.75, 3.05) is 13.3 Å². The molecule has 0 amide bonds. The quantitative estimate of drug-likeness (QED) is 0.794. The third kappa shape index (κ3) is 3.18. The van der Waals surface area contributed by atoms with E-state index in [2.05, 4.69) is 23.1 Å². The summed E-state index contributed by atoms with van der Waals surface area (Å²) in [7, 11) is 0. The van der Waals surface area contributed by atoms with Gasteiger partial charge in [-0.2, -0.15) is 0 Å². The molecule has 4 nitrogen and oxygen atoms in total. The van der Waals surface area contributed by atoms with E-state index in [9.17, 15) is 5.11 Å². The molecule has 3 aliphatic rings. The molecule has 5 rings (SSSR count). The second-order valence-corrected chi connectivity index (χ2v) is 8.73. The smallest absolute Gasteiger partial charge is 0.231 e. The molecule has 1 saturated heterocycles. The third-order valence-electron chi connectivity index (χ3n) is 6.74. The van der Waals surface area contributed by atoms with Gasteiger partial charge in [0.15, 0.2) is 11.5 Å². The lowest BCUT2D eigenvalue weighted by Crippen LogP contribution is -2.54. The molecule has 0 radical (unpaired) electrons. The normalized spacial score (nSPS) is 29.5. The summed E-state index contributed by atoms with van der Waals surface area (Å²) in [5, 5.41) is 12.2. The van der Waals surface area contributed by atoms with Crippen LogP contribution in [0.1, 0.15) is 49.3 Å². The van der Waals surface area contributed by atoms with Gasteiger partial charge in [0.1, 0.15) is 0 Å². The maximum Gasteiger partial charge on any atom is 0.231 e. The van der Waals surface area contributed by atoms with Crippen molar-refractivity contribution in [3.05, 3.63) is 58.6 Å². The number of benzene rings is 2. The van der Waals surface area contributed by atoms with Crippen LogP contribution < -0.4 is 9.47 Å². The highest BCUT2D eigenvalue weighted by Crippen LogP contribution is 2.50. The molecular weight excluding hydrogens is 374 g/mol. The Balaban J connectivity index is 1.53. The zero-order chi connectivity index (χ0) is 19.1. The predicted molar refractivity (Wildman–Crippen MR) is 109 cm³/mol. The van der Waals surface area contributed by atoms with Crippen molar-refractivity contribution in [1.82, 2.24) is 4.90 Å². The van der Waals surface area contributed by atoms with Crippen molar-refractivity contribution < 1.29 is 14.6 Å². The lowest BCUT2D eigenvalue weighted by molar-refractivity contribution is -0.126. The van der Waals surface area contributed by atoms with Gasteiger partial charge in [-0.1, -0.05) is 48.7 Å². The monoisotopic (exact) mass is 399 g/mol. The molecule has 1 N–H and O–H groups in total. The first kappa shape index (κ1) is 18.3. The largest absolute Gasteiger partial charge is 0.454 e. The fourth-order valence-corrected chi connectivity index (χ4v) is 5.50. The SMILES string of the molecule is O[C@@]12CCCC[C@@H]1[C@H](c1ccc3c(c1)OCO3)N(Cc1ccccc1Cl)CC2. The fraction of sp³-hybridized carbons (Fsp3) is 0.478. The minimum absolute atomic E-state index is 0.143. The van der Waals surface area contributed by atoms with Crippen molar-refractivity contribution >= 4 is 11.6 Å². The molecule has 2 heterocycles. The molecule has 5 heteroatoms. The minimum atomic E-state index is -0.573. The number of hydrogen-bond donors (Lipinski definition) is 1. The van der Waals surface area contributed by atoms with Gasteiger partial charge in [-0.3, -0.25) is 4.90 Å². The van der Waals surface area contributed by atoms with Crippen LogP contribution in [0.2, 0.25) is 5.02 Å². The molecule has 2 aliphatic heterocycles. The van der Waals surface area contributed by atoms with E-state index in [1.165, 1.54) is 12.0 Å². The molecule has 0 bridgehead atoms. The van der Waals surface area contributed by atoms with Crippen LogP contribution in [0.25, 0.3) is 0 Å². The van der Waals surface area contributed by atoms with Crippen LogP contribution in [0.5, 0.6) is 11.5 Å². The first-order chi connectivity index (χ1) is 13.6. The topological polar surface area (TPSA) is 41.9 Å². The van der Waals surface area contributed by atoms with Crippen LogP contribution in [-0.2, 0) is 6.54 Å². The molecular formula is C23H26ClNO3. The summed E-state index contributed by atoms with van der Waals surface area (Å²) in [5.74, 6) is 1.83. The number of aliphatic hydroxyl groups is 1. The highest BCUT2D eigenvalue weighted by atomic mass is 35.5. The number of halogens is 1. The summed E-state index contributed by atoms with van der Waals surface area (Å²) in [6.07, 6.45) is 5.07. The van der Waals surface area contributed by atoms with Gasteiger partial charge in [-0.05, 0) is 48.6 Å². The standard InChI is InChI=1S/C23H26ClNO3/c24-19-7-2-1-5-17(19)14-25-12-11-23(26)10-4-3-6-18(23)22(25)16-8-9-20-21(13-16)28-15-27-20/h1-2,5,7-9,13,18,22,26H,3-4,6,10-12,14-15H2/t18-,22+,23-/m1/s1. The maximum atomic E-state index is 11.4. The van der Waals surface area contributed by atoms with E-state index in [1.807, 2.05) is 24.3 Å². The number of piperidine rings is 1. The number of nitrogens with zero attached hydrogens (tertiary/aromatic N) is 1. The number of likely N-dealkylation sites (tertiary alicyclic amines) is 1. The van der Waals surface area contributed by atoms with Gasteiger partial charge >= 0.3 is 0 Å². The maximum absolute atomic E-state index is 11.4. The summed E-state index contributed by atoms with van der Waals surface area (Å²) in [6, 6.07) is 14.4. The Kier molecular flexibility index (Phi) is 4.74. The zero-order valence-corrected chi connectivity index (χ0v) is 16.7. The molecule has 0 unspecified atom stereocenters. The Morgan fingerprint density at radius 1 is 1.07 bits per heavy atom. The van der Waals surface area contributed by atoms with E-state index < -0.39 is 5.60 Å². The van der Waals surface area contributed by atoms with Crippen LogP contribution in [0, 0.1) is 5.92 Å². The Morgan fingerprint density at radius 2 is 1.93 bits per heavy atom. The van der Waals surface area contributed by atoms with Crippen LogP contribution in [0.4, 0.5) is 0 Å². The molecule has 2 fully saturated rings. The first-order valence-electron chi connectivity index (χ1n) is 10.2. The van der Waals surface area contributed by atoms with Crippen LogP contribution in [0.3, 0.4) is 0 Å². The third-order valence-corrected chi connectivity index (χ3v) is 7.11. The van der Waals surface area contributed by atoms with Gasteiger partial charge in [0.05, 0.1) is 5.60 Å². The van der Waals surface area contributed by atoms with Gasteiger partial charge in [0, 0.05) is 30.1 Å². The summed E-state index contributed by atoms with van der Waals surface area (Å²) < 4.78 is 11.1. The van der Waals surface area contributed by atoms with E-state index in [4.69, 9.17) is 21.1 Å². The van der Waals surface area contributed by atoms with Crippen molar-refractivity contribution in [2.24, 2.45) is 5.92 Å². The molecule has 148 valence electrons. The Bertz CT molecular complexity index is 873. The summed E-state index contributed by atoms with van der Waals surface area (Å²) in [5.41, 5.74) is 1.76. The van der Waals surface area contributed by atoms with E-state index in [-0.39, 0.29) is 18.8 Å². The highest BCUT2D eigenvalue weighted by Gasteiger charge is 2.49. The fourth-order valence-electron chi connectivity index (χ4n) is 5.31. The predicted octanol–water partition coefficient (Wildman–Crippen LogP) is 4.94. The lowest BCUT2D eigenvalue weighted by atomic mass is 9.66. The molecule has 0 spiro atoms. The van der Waals surface area contributed by atoms with Gasteiger partial charge in [0.2, 0.25) is 6.79 Å². The average molecular weight is 400 g/mol. The van der Waals surface area contributed by atoms with Gasteiger partial charge in [0.25, 0.3) is 0 Å². The second-order valence-electron chi connectivity index (χ2n) is 8.33. The van der Waals surface area contributed by atoms with Crippen molar-refractivity contribution in [1.29, 1.82) is 0 Å². The number of fused-ring (bicyclic) bond motifs is 2. The van der Waals surface area contributed by atoms with E-state index in [0.717, 1.165) is 60.9 Å². The van der Waals surface area contributed by atoms with Crippen LogP contribution in [-0.4, -0.2) is 28.9 Å². The van der Waals surface area contributed by atoms with E-state index in [1.54, 1.807) is 0 Å². The Labute approximate surface area is 171 Å². The average Bonchev–Trinajstić information content (AvgIpc) is 3.17. The first-order valence-corrected chi connectivity index (χ1v) is 10.6. The molecule has 2 aromatic carbocycles. The second kappa shape index (κ2) is 7.25. The van der Waals surface area contributed by atoms with Gasteiger partial charge in [-0.25, -0.2) is 0 Å². The van der Waals surface area contributed by atoms with Crippen molar-refractivity contribution in [3.8, 4) is 11.5 Å². The molecule has 1 aliphatic carbocycles. The van der Waals surface area contributed by atoms with E-state index in [0.29, 0.717) is 0 Å². The van der Waals surface area contributed by atoms with Gasteiger partial charge in [-0.15, -0.1) is 0 Å². The molecule has 3 atom stereocenters. The van der Waals surface area contributed by atoms with E-state index >= 15 is 0 Å². The number of hydrogen-bond acceptors (Lipinski definition) is 4. The summed E-state index contributed by atoms with van der Waals surface area (Å²) >= 11 is 6.47. The lowest BCUT2D eigenvalue weighted by Gasteiger charge is -2.53. The molecule has 2 aromatic rings. The molecule has 0 aromatic heterocycles. The van der Waals surface area contributed by atoms with Crippen molar-refractivity contribution in [2.45, 2.75) is 50.3 Å². The number of ether oxygens (including phenoxy) is 2. The highest BCUT2D eigenvalue weighted by molar-refractivity contribution is 6.31. The summed E-state index contributed by atoms with van der Waals surface area (Å²) in [6.45, 7) is 1.92. The molecule has 28 heavy (non-hydrogen) atoms.